The van der Waals surface area contributed by atoms with Crippen LogP contribution in [0.3, 0.4) is 0 Å². The second kappa shape index (κ2) is 10.2. The molecule has 3 aromatic rings. The smallest absolute Gasteiger partial charge is 0.244 e. The number of amides is 1. The van der Waals surface area contributed by atoms with Crippen LogP contribution in [0.5, 0.6) is 5.75 Å². The van der Waals surface area contributed by atoms with Gasteiger partial charge in [0.05, 0.1) is 16.2 Å². The van der Waals surface area contributed by atoms with Crippen LogP contribution in [-0.4, -0.2) is 63.8 Å². The summed E-state index contributed by atoms with van der Waals surface area (Å²) in [6.45, 7) is 3.56. The molecular weight excluding hydrogens is 434 g/mol. The second-order valence-electron chi connectivity index (χ2n) is 7.31. The summed E-state index contributed by atoms with van der Waals surface area (Å²) in [6.07, 6.45) is 0.693. The van der Waals surface area contributed by atoms with Crippen LogP contribution in [0.4, 0.5) is 5.13 Å². The summed E-state index contributed by atoms with van der Waals surface area (Å²) < 4.78 is 32.1. The molecule has 0 spiro atoms. The molecule has 7 nitrogen and oxygen atoms in total. The predicted octanol–water partition coefficient (Wildman–Crippen LogP) is 3.45. The summed E-state index contributed by atoms with van der Waals surface area (Å²) in [5.74, 6) is -0.438. The Labute approximate surface area is 187 Å². The van der Waals surface area contributed by atoms with E-state index in [2.05, 4.69) is 4.98 Å². The molecule has 0 aliphatic carbocycles. The Kier molecular flexibility index (Phi) is 7.64. The SMILES string of the molecule is CCOc1cccc2sc(N(CCCN(C)C)C(=O)CS(=O)(=O)c3ccccc3)nc12. The molecule has 0 aliphatic rings. The van der Waals surface area contributed by atoms with Crippen LogP contribution < -0.4 is 9.64 Å². The van der Waals surface area contributed by atoms with Crippen molar-refractivity contribution in [2.45, 2.75) is 18.2 Å². The Morgan fingerprint density at radius 1 is 1.06 bits per heavy atom. The number of thiazole rings is 1. The molecule has 1 amide bonds. The van der Waals surface area contributed by atoms with E-state index in [-0.39, 0.29) is 4.90 Å². The molecule has 3 rings (SSSR count). The van der Waals surface area contributed by atoms with Crippen molar-refractivity contribution in [3.8, 4) is 5.75 Å². The van der Waals surface area contributed by atoms with Gasteiger partial charge in [-0.3, -0.25) is 9.69 Å². The largest absolute Gasteiger partial charge is 0.492 e. The van der Waals surface area contributed by atoms with Gasteiger partial charge < -0.3 is 9.64 Å². The maximum Gasteiger partial charge on any atom is 0.244 e. The van der Waals surface area contributed by atoms with Crippen LogP contribution in [0.15, 0.2) is 53.4 Å². The highest BCUT2D eigenvalue weighted by Gasteiger charge is 2.26. The number of ether oxygens (including phenoxy) is 1. The first-order valence-electron chi connectivity index (χ1n) is 10.1. The lowest BCUT2D eigenvalue weighted by Gasteiger charge is -2.21. The van der Waals surface area contributed by atoms with E-state index < -0.39 is 21.5 Å². The zero-order valence-electron chi connectivity index (χ0n) is 17.9. The van der Waals surface area contributed by atoms with E-state index in [1.807, 2.05) is 44.1 Å². The van der Waals surface area contributed by atoms with E-state index >= 15 is 0 Å². The van der Waals surface area contributed by atoms with Gasteiger partial charge >= 0.3 is 0 Å². The van der Waals surface area contributed by atoms with Gasteiger partial charge in [0.15, 0.2) is 15.0 Å². The lowest BCUT2D eigenvalue weighted by Crippen LogP contribution is -2.37. The number of nitrogens with zero attached hydrogens (tertiary/aromatic N) is 3. The zero-order chi connectivity index (χ0) is 22.4. The molecule has 0 N–H and O–H groups in total. The number of carbonyl (C=O) groups is 1. The maximum atomic E-state index is 13.2. The Balaban J connectivity index is 1.91. The lowest BCUT2D eigenvalue weighted by atomic mass is 10.3. The van der Waals surface area contributed by atoms with Gasteiger partial charge in [-0.1, -0.05) is 35.6 Å². The topological polar surface area (TPSA) is 79.8 Å². The summed E-state index contributed by atoms with van der Waals surface area (Å²) in [5.41, 5.74) is 0.681. The Bertz CT molecular complexity index is 1130. The number of anilines is 1. The minimum atomic E-state index is -3.75. The molecule has 0 aliphatic heterocycles. The molecule has 1 heterocycles. The minimum absolute atomic E-state index is 0.138. The van der Waals surface area contributed by atoms with Crippen molar-refractivity contribution in [1.82, 2.24) is 9.88 Å². The second-order valence-corrected chi connectivity index (χ2v) is 10.3. The first-order chi connectivity index (χ1) is 14.8. The number of hydrogen-bond donors (Lipinski definition) is 0. The van der Waals surface area contributed by atoms with Gasteiger partial charge in [0.25, 0.3) is 0 Å². The number of fused-ring (bicyclic) bond motifs is 1. The molecule has 0 radical (unpaired) electrons. The van der Waals surface area contributed by atoms with Crippen LogP contribution in [0.25, 0.3) is 10.2 Å². The monoisotopic (exact) mass is 461 g/mol. The third kappa shape index (κ3) is 5.81. The molecule has 0 bridgehead atoms. The first kappa shape index (κ1) is 23.2. The number of carbonyl (C=O) groups excluding carboxylic acids is 1. The number of aromatic nitrogens is 1. The average Bonchev–Trinajstić information content (AvgIpc) is 3.16. The van der Waals surface area contributed by atoms with Crippen molar-refractivity contribution >= 4 is 42.4 Å². The van der Waals surface area contributed by atoms with Crippen LogP contribution >= 0.6 is 11.3 Å². The lowest BCUT2D eigenvalue weighted by molar-refractivity contribution is -0.116. The van der Waals surface area contributed by atoms with E-state index in [9.17, 15) is 13.2 Å². The van der Waals surface area contributed by atoms with Gasteiger partial charge in [0.1, 0.15) is 17.0 Å². The quantitative estimate of drug-likeness (QED) is 0.460. The van der Waals surface area contributed by atoms with E-state index in [1.165, 1.54) is 28.4 Å². The summed E-state index contributed by atoms with van der Waals surface area (Å²) in [6, 6.07) is 13.7. The van der Waals surface area contributed by atoms with E-state index in [0.29, 0.717) is 36.0 Å². The van der Waals surface area contributed by atoms with Crippen LogP contribution in [0, 0.1) is 0 Å². The summed E-state index contributed by atoms with van der Waals surface area (Å²) in [4.78, 5) is 21.5. The summed E-state index contributed by atoms with van der Waals surface area (Å²) in [7, 11) is 0.163. The van der Waals surface area contributed by atoms with Crippen LogP contribution in [0.1, 0.15) is 13.3 Å². The highest BCUT2D eigenvalue weighted by Crippen LogP contribution is 2.34. The van der Waals surface area contributed by atoms with Crippen molar-refractivity contribution in [2.24, 2.45) is 0 Å². The highest BCUT2D eigenvalue weighted by molar-refractivity contribution is 7.92. The number of rotatable bonds is 10. The van der Waals surface area contributed by atoms with E-state index in [0.717, 1.165) is 11.2 Å². The standard InChI is InChI=1S/C22H27N3O4S2/c1-4-29-18-12-8-13-19-21(18)23-22(30-19)25(15-9-14-24(2)3)20(26)16-31(27,28)17-10-6-5-7-11-17/h5-8,10-13H,4,9,14-16H2,1-3H3. The molecule has 9 heteroatoms. The molecule has 0 saturated carbocycles. The fourth-order valence-electron chi connectivity index (χ4n) is 3.12. The van der Waals surface area contributed by atoms with E-state index in [4.69, 9.17) is 4.74 Å². The molecule has 31 heavy (non-hydrogen) atoms. The molecule has 0 saturated heterocycles. The van der Waals surface area contributed by atoms with Gasteiger partial charge in [-0.05, 0) is 58.3 Å². The number of para-hydroxylation sites is 1. The maximum absolute atomic E-state index is 13.2. The van der Waals surface area contributed by atoms with Gasteiger partial charge in [0.2, 0.25) is 5.91 Å². The molecular formula is C22H27N3O4S2. The van der Waals surface area contributed by atoms with Crippen LogP contribution in [0.2, 0.25) is 0 Å². The van der Waals surface area contributed by atoms with Crippen molar-refractivity contribution < 1.29 is 17.9 Å². The Morgan fingerprint density at radius 3 is 2.48 bits per heavy atom. The van der Waals surface area contributed by atoms with E-state index in [1.54, 1.807) is 18.2 Å². The molecule has 0 atom stereocenters. The van der Waals surface area contributed by atoms with Gasteiger partial charge in [0, 0.05) is 6.54 Å². The Morgan fingerprint density at radius 2 is 1.81 bits per heavy atom. The van der Waals surface area contributed by atoms with Crippen molar-refractivity contribution in [2.75, 3.05) is 44.4 Å². The zero-order valence-corrected chi connectivity index (χ0v) is 19.6. The third-order valence-corrected chi connectivity index (χ3v) is 7.27. The van der Waals surface area contributed by atoms with Crippen molar-refractivity contribution in [1.29, 1.82) is 0 Å². The van der Waals surface area contributed by atoms with Crippen molar-refractivity contribution in [3.63, 3.8) is 0 Å². The van der Waals surface area contributed by atoms with Gasteiger partial charge in [-0.2, -0.15) is 0 Å². The number of hydrogen-bond acceptors (Lipinski definition) is 7. The molecule has 1 aromatic heterocycles. The predicted molar refractivity (Wildman–Crippen MR) is 125 cm³/mol. The molecule has 0 fully saturated rings. The van der Waals surface area contributed by atoms with Gasteiger partial charge in [-0.15, -0.1) is 0 Å². The third-order valence-electron chi connectivity index (χ3n) is 4.61. The highest BCUT2D eigenvalue weighted by atomic mass is 32.2. The molecule has 2 aromatic carbocycles. The fraction of sp³-hybridized carbons (Fsp3) is 0.364. The summed E-state index contributed by atoms with van der Waals surface area (Å²) >= 11 is 1.36. The molecule has 166 valence electrons. The number of benzene rings is 2. The summed E-state index contributed by atoms with van der Waals surface area (Å²) in [5, 5.41) is 0.481. The number of sulfone groups is 1. The Hall–Kier alpha value is -2.49. The average molecular weight is 462 g/mol. The minimum Gasteiger partial charge on any atom is -0.492 e. The normalized spacial score (nSPS) is 11.7. The van der Waals surface area contributed by atoms with Crippen LogP contribution in [-0.2, 0) is 14.6 Å². The van der Waals surface area contributed by atoms with Gasteiger partial charge in [-0.25, -0.2) is 13.4 Å². The molecule has 0 unspecified atom stereocenters. The fourth-order valence-corrected chi connectivity index (χ4v) is 5.37. The van der Waals surface area contributed by atoms with Crippen molar-refractivity contribution in [3.05, 3.63) is 48.5 Å². The first-order valence-corrected chi connectivity index (χ1v) is 12.5.